The predicted molar refractivity (Wildman–Crippen MR) is 101 cm³/mol. The monoisotopic (exact) mass is 352 g/mol. The maximum Gasteiger partial charge on any atom is 0.231 e. The summed E-state index contributed by atoms with van der Waals surface area (Å²) in [5.74, 6) is 2.44. The first-order valence-corrected chi connectivity index (χ1v) is 9.02. The zero-order valence-corrected chi connectivity index (χ0v) is 15.2. The van der Waals surface area contributed by atoms with Gasteiger partial charge in [-0.2, -0.15) is 0 Å². The molecular weight excluding hydrogens is 328 g/mol. The van der Waals surface area contributed by atoms with Crippen LogP contribution in [0, 0.1) is 5.92 Å². The molecule has 2 aromatic carbocycles. The Balaban J connectivity index is 1.60. The third-order valence-corrected chi connectivity index (χ3v) is 5.49. The van der Waals surface area contributed by atoms with Crippen LogP contribution in [-0.2, 0) is 11.2 Å². The molecule has 1 amide bonds. The summed E-state index contributed by atoms with van der Waals surface area (Å²) in [6, 6.07) is 14.0. The molecule has 2 aliphatic heterocycles. The predicted octanol–water partition coefficient (Wildman–Crippen LogP) is 2.60. The van der Waals surface area contributed by atoms with Crippen LogP contribution in [0.4, 0.5) is 5.69 Å². The van der Waals surface area contributed by atoms with Crippen molar-refractivity contribution in [2.75, 3.05) is 38.8 Å². The summed E-state index contributed by atoms with van der Waals surface area (Å²) >= 11 is 0. The Kier molecular flexibility index (Phi) is 4.55. The maximum atomic E-state index is 13.1. The van der Waals surface area contributed by atoms with Crippen LogP contribution < -0.4 is 19.7 Å². The van der Waals surface area contributed by atoms with Crippen LogP contribution in [0.3, 0.4) is 0 Å². The molecule has 0 saturated carbocycles. The third-order valence-electron chi connectivity index (χ3n) is 5.49. The average molecular weight is 352 g/mol. The summed E-state index contributed by atoms with van der Waals surface area (Å²) in [5, 5.41) is 3.47. The smallest absolute Gasteiger partial charge is 0.231 e. The molecule has 4 rings (SSSR count). The number of anilines is 1. The molecule has 1 fully saturated rings. The molecule has 1 N–H and O–H groups in total. The fraction of sp³-hybridized carbons (Fsp3) is 0.381. The Morgan fingerprint density at radius 3 is 2.73 bits per heavy atom. The number of hydrogen-bond donors (Lipinski definition) is 1. The van der Waals surface area contributed by atoms with Gasteiger partial charge in [-0.3, -0.25) is 4.79 Å². The second kappa shape index (κ2) is 7.00. The lowest BCUT2D eigenvalue weighted by Crippen LogP contribution is -2.42. The van der Waals surface area contributed by atoms with Crippen LogP contribution >= 0.6 is 0 Å². The van der Waals surface area contributed by atoms with Crippen molar-refractivity contribution in [2.45, 2.75) is 12.3 Å². The van der Waals surface area contributed by atoms with Gasteiger partial charge >= 0.3 is 0 Å². The van der Waals surface area contributed by atoms with Gasteiger partial charge in [0, 0.05) is 31.2 Å². The number of benzene rings is 2. The van der Waals surface area contributed by atoms with E-state index in [0.717, 1.165) is 30.9 Å². The summed E-state index contributed by atoms with van der Waals surface area (Å²) in [4.78, 5) is 15.1. The highest BCUT2D eigenvalue weighted by molar-refractivity contribution is 5.96. The van der Waals surface area contributed by atoms with Crippen molar-refractivity contribution in [1.82, 2.24) is 5.32 Å². The lowest BCUT2D eigenvalue weighted by Gasteiger charge is -2.36. The van der Waals surface area contributed by atoms with Gasteiger partial charge in [-0.25, -0.2) is 0 Å². The van der Waals surface area contributed by atoms with Crippen molar-refractivity contribution in [3.05, 3.63) is 53.6 Å². The second-order valence-electron chi connectivity index (χ2n) is 6.95. The summed E-state index contributed by atoms with van der Waals surface area (Å²) < 4.78 is 10.6. The van der Waals surface area contributed by atoms with Crippen LogP contribution in [0.5, 0.6) is 11.5 Å². The van der Waals surface area contributed by atoms with Crippen molar-refractivity contribution >= 4 is 11.6 Å². The van der Waals surface area contributed by atoms with Gasteiger partial charge in [-0.15, -0.1) is 0 Å². The minimum absolute atomic E-state index is 0.120. The molecule has 1 saturated heterocycles. The molecule has 136 valence electrons. The standard InChI is InChI=1S/C21H24N2O3/c1-25-19-8-7-14(9-20(19)26-2)10-21(24)23-13-15-11-22-12-17(15)16-5-3-4-6-18(16)23/h3-9,15,17,22H,10-13H2,1-2H3. The third kappa shape index (κ3) is 2.92. The molecule has 0 bridgehead atoms. The molecule has 2 heterocycles. The van der Waals surface area contributed by atoms with Crippen LogP contribution in [0.15, 0.2) is 42.5 Å². The first-order chi connectivity index (χ1) is 12.7. The number of fused-ring (bicyclic) bond motifs is 3. The summed E-state index contributed by atoms with van der Waals surface area (Å²) in [6.45, 7) is 2.75. The number of methoxy groups -OCH3 is 2. The van der Waals surface area contributed by atoms with E-state index in [-0.39, 0.29) is 5.91 Å². The molecular formula is C21H24N2O3. The van der Waals surface area contributed by atoms with Gasteiger partial charge in [0.1, 0.15) is 0 Å². The quantitative estimate of drug-likeness (QED) is 0.919. The van der Waals surface area contributed by atoms with Gasteiger partial charge < -0.3 is 19.7 Å². The lowest BCUT2D eigenvalue weighted by molar-refractivity contribution is -0.118. The van der Waals surface area contributed by atoms with E-state index in [1.165, 1.54) is 5.56 Å². The van der Waals surface area contributed by atoms with E-state index in [2.05, 4.69) is 23.5 Å². The van der Waals surface area contributed by atoms with Gasteiger partial charge in [0.05, 0.1) is 20.6 Å². The van der Waals surface area contributed by atoms with Gasteiger partial charge in [-0.05, 0) is 35.2 Å². The highest BCUT2D eigenvalue weighted by atomic mass is 16.5. The molecule has 26 heavy (non-hydrogen) atoms. The summed E-state index contributed by atoms with van der Waals surface area (Å²) in [5.41, 5.74) is 3.27. The first kappa shape index (κ1) is 16.9. The number of carbonyl (C=O) groups excluding carboxylic acids is 1. The molecule has 2 aliphatic rings. The van der Waals surface area contributed by atoms with Gasteiger partial charge in [0.15, 0.2) is 11.5 Å². The average Bonchev–Trinajstić information content (AvgIpc) is 3.16. The van der Waals surface area contributed by atoms with Crippen LogP contribution in [0.2, 0.25) is 0 Å². The molecule has 0 spiro atoms. The van der Waals surface area contributed by atoms with Crippen LogP contribution in [-0.4, -0.2) is 39.8 Å². The number of carbonyl (C=O) groups is 1. The number of amides is 1. The van der Waals surface area contributed by atoms with E-state index in [9.17, 15) is 4.79 Å². The molecule has 2 unspecified atom stereocenters. The van der Waals surface area contributed by atoms with Crippen molar-refractivity contribution in [3.63, 3.8) is 0 Å². The van der Waals surface area contributed by atoms with Crippen molar-refractivity contribution in [3.8, 4) is 11.5 Å². The second-order valence-corrected chi connectivity index (χ2v) is 6.95. The van der Waals surface area contributed by atoms with E-state index in [0.29, 0.717) is 29.8 Å². The van der Waals surface area contributed by atoms with E-state index < -0.39 is 0 Å². The maximum absolute atomic E-state index is 13.1. The largest absolute Gasteiger partial charge is 0.493 e. The minimum Gasteiger partial charge on any atom is -0.493 e. The lowest BCUT2D eigenvalue weighted by atomic mass is 9.83. The van der Waals surface area contributed by atoms with E-state index in [1.807, 2.05) is 29.2 Å². The zero-order valence-electron chi connectivity index (χ0n) is 15.2. The number of nitrogens with zero attached hydrogens (tertiary/aromatic N) is 1. The van der Waals surface area contributed by atoms with Crippen molar-refractivity contribution in [2.24, 2.45) is 5.92 Å². The Morgan fingerprint density at radius 2 is 1.92 bits per heavy atom. The Hall–Kier alpha value is -2.53. The molecule has 2 aromatic rings. The topological polar surface area (TPSA) is 50.8 Å². The van der Waals surface area contributed by atoms with Gasteiger partial charge in [-0.1, -0.05) is 24.3 Å². The molecule has 0 aromatic heterocycles. The van der Waals surface area contributed by atoms with Crippen LogP contribution in [0.1, 0.15) is 17.0 Å². The van der Waals surface area contributed by atoms with Gasteiger partial charge in [0.25, 0.3) is 0 Å². The fourth-order valence-corrected chi connectivity index (χ4v) is 4.17. The minimum atomic E-state index is 0.120. The Morgan fingerprint density at radius 1 is 1.12 bits per heavy atom. The molecule has 0 radical (unpaired) electrons. The zero-order chi connectivity index (χ0) is 18.1. The normalized spacial score (nSPS) is 21.1. The van der Waals surface area contributed by atoms with E-state index in [4.69, 9.17) is 9.47 Å². The highest BCUT2D eigenvalue weighted by Crippen LogP contribution is 2.40. The van der Waals surface area contributed by atoms with Crippen molar-refractivity contribution < 1.29 is 14.3 Å². The Labute approximate surface area is 153 Å². The number of hydrogen-bond acceptors (Lipinski definition) is 4. The SMILES string of the molecule is COc1ccc(CC(=O)N2CC3CNCC3c3ccccc32)cc1OC. The first-order valence-electron chi connectivity index (χ1n) is 9.02. The number of nitrogens with one attached hydrogen (secondary N) is 1. The fourth-order valence-electron chi connectivity index (χ4n) is 4.17. The number of ether oxygens (including phenoxy) is 2. The van der Waals surface area contributed by atoms with E-state index >= 15 is 0 Å². The van der Waals surface area contributed by atoms with Crippen LogP contribution in [0.25, 0.3) is 0 Å². The number of rotatable bonds is 4. The molecule has 5 nitrogen and oxygen atoms in total. The number of para-hydroxylation sites is 1. The summed E-state index contributed by atoms with van der Waals surface area (Å²) in [7, 11) is 3.22. The highest BCUT2D eigenvalue weighted by Gasteiger charge is 2.38. The summed E-state index contributed by atoms with van der Waals surface area (Å²) in [6.07, 6.45) is 0.347. The molecule has 5 heteroatoms. The molecule has 2 atom stereocenters. The van der Waals surface area contributed by atoms with Gasteiger partial charge in [0.2, 0.25) is 5.91 Å². The molecule has 0 aliphatic carbocycles. The van der Waals surface area contributed by atoms with Crippen molar-refractivity contribution in [1.29, 1.82) is 0 Å². The van der Waals surface area contributed by atoms with E-state index in [1.54, 1.807) is 14.2 Å². The Bertz CT molecular complexity index is 821.